The highest BCUT2D eigenvalue weighted by atomic mass is 16.6. The monoisotopic (exact) mass is 196 g/mol. The molecule has 2 aliphatic rings. The highest BCUT2D eigenvalue weighted by Crippen LogP contribution is 2.32. The lowest BCUT2D eigenvalue weighted by Gasteiger charge is -2.00. The van der Waals surface area contributed by atoms with E-state index < -0.39 is 0 Å². The van der Waals surface area contributed by atoms with Crippen LogP contribution in [0.2, 0.25) is 0 Å². The first-order chi connectivity index (χ1) is 6.97. The fraction of sp³-hybridized carbons (Fsp3) is 1.00. The Hall–Kier alpha value is -0.0400. The predicted molar refractivity (Wildman–Crippen MR) is 59.4 cm³/mol. The van der Waals surface area contributed by atoms with Crippen molar-refractivity contribution >= 4 is 0 Å². The molecule has 1 heterocycles. The second-order valence-electron chi connectivity index (χ2n) is 4.97. The summed E-state index contributed by atoms with van der Waals surface area (Å²) >= 11 is 0. The zero-order valence-corrected chi connectivity index (χ0v) is 9.34. The fourth-order valence-corrected chi connectivity index (χ4v) is 2.62. The van der Waals surface area contributed by atoms with Gasteiger partial charge in [-0.15, -0.1) is 0 Å². The Bertz CT molecular complexity index is 139. The van der Waals surface area contributed by atoms with Gasteiger partial charge in [0.05, 0.1) is 12.2 Å². The fourth-order valence-electron chi connectivity index (χ4n) is 2.62. The molecular formula is C13H24O. The van der Waals surface area contributed by atoms with Crippen LogP contribution in [0.1, 0.15) is 70.6 Å². The Labute approximate surface area is 88.2 Å². The molecule has 0 spiro atoms. The van der Waals surface area contributed by atoms with E-state index in [0.717, 1.165) is 0 Å². The normalized spacial score (nSPS) is 36.0. The summed E-state index contributed by atoms with van der Waals surface area (Å²) in [5.74, 6) is 0. The zero-order valence-electron chi connectivity index (χ0n) is 9.34. The Morgan fingerprint density at radius 1 is 0.500 bits per heavy atom. The number of ether oxygens (including phenoxy) is 1. The average Bonchev–Trinajstić information content (AvgIpc) is 2.92. The molecule has 0 aromatic rings. The summed E-state index contributed by atoms with van der Waals surface area (Å²) < 4.78 is 5.66. The molecule has 0 bridgehead atoms. The largest absolute Gasteiger partial charge is 0.370 e. The van der Waals surface area contributed by atoms with E-state index in [0.29, 0.717) is 12.2 Å². The summed E-state index contributed by atoms with van der Waals surface area (Å²) in [7, 11) is 0. The van der Waals surface area contributed by atoms with Gasteiger partial charge < -0.3 is 4.74 Å². The van der Waals surface area contributed by atoms with Crippen LogP contribution in [0.25, 0.3) is 0 Å². The van der Waals surface area contributed by atoms with Gasteiger partial charge in [-0.3, -0.25) is 0 Å². The molecule has 1 saturated carbocycles. The molecule has 14 heavy (non-hydrogen) atoms. The number of hydrogen-bond acceptors (Lipinski definition) is 1. The maximum atomic E-state index is 5.66. The molecular weight excluding hydrogens is 172 g/mol. The lowest BCUT2D eigenvalue weighted by atomic mass is 10.1. The summed E-state index contributed by atoms with van der Waals surface area (Å²) in [5.41, 5.74) is 0. The molecule has 0 aromatic carbocycles. The Kier molecular flexibility index (Phi) is 4.30. The third kappa shape index (κ3) is 3.61. The topological polar surface area (TPSA) is 12.5 Å². The molecule has 1 aliphatic carbocycles. The highest BCUT2D eigenvalue weighted by Gasteiger charge is 2.36. The smallest absolute Gasteiger partial charge is 0.0841 e. The second-order valence-corrected chi connectivity index (χ2v) is 4.97. The van der Waals surface area contributed by atoms with Crippen molar-refractivity contribution in [2.75, 3.05) is 0 Å². The van der Waals surface area contributed by atoms with Gasteiger partial charge in [-0.25, -0.2) is 0 Å². The van der Waals surface area contributed by atoms with Gasteiger partial charge in [-0.1, -0.05) is 57.8 Å². The summed E-state index contributed by atoms with van der Waals surface area (Å²) in [4.78, 5) is 0. The molecule has 2 rings (SSSR count). The van der Waals surface area contributed by atoms with Crippen LogP contribution >= 0.6 is 0 Å². The van der Waals surface area contributed by atoms with E-state index in [1.165, 1.54) is 70.6 Å². The van der Waals surface area contributed by atoms with Crippen molar-refractivity contribution in [3.63, 3.8) is 0 Å². The number of epoxide rings is 1. The standard InChI is InChI=1S/C13H24O/c1-2-4-6-8-10-12-13(14-12)11-9-7-5-3-1/h12-13H,1-11H2/t12-,13+. The molecule has 1 saturated heterocycles. The summed E-state index contributed by atoms with van der Waals surface area (Å²) in [5, 5.41) is 0. The molecule has 1 aliphatic heterocycles. The second kappa shape index (κ2) is 5.75. The molecule has 2 atom stereocenters. The molecule has 0 radical (unpaired) electrons. The van der Waals surface area contributed by atoms with E-state index in [1.807, 2.05) is 0 Å². The third-order valence-corrected chi connectivity index (χ3v) is 3.66. The molecule has 0 amide bonds. The minimum Gasteiger partial charge on any atom is -0.370 e. The quantitative estimate of drug-likeness (QED) is 0.532. The predicted octanol–water partition coefficient (Wildman–Crippen LogP) is 4.06. The van der Waals surface area contributed by atoms with Gasteiger partial charge >= 0.3 is 0 Å². The van der Waals surface area contributed by atoms with Crippen LogP contribution < -0.4 is 0 Å². The summed E-state index contributed by atoms with van der Waals surface area (Å²) in [6.07, 6.45) is 17.0. The molecule has 1 nitrogen and oxygen atoms in total. The van der Waals surface area contributed by atoms with E-state index >= 15 is 0 Å². The van der Waals surface area contributed by atoms with Crippen LogP contribution in [0.5, 0.6) is 0 Å². The van der Waals surface area contributed by atoms with Crippen LogP contribution in [0.15, 0.2) is 0 Å². The number of hydrogen-bond donors (Lipinski definition) is 0. The first kappa shape index (κ1) is 10.5. The zero-order chi connectivity index (χ0) is 9.64. The lowest BCUT2D eigenvalue weighted by molar-refractivity contribution is 0.346. The van der Waals surface area contributed by atoms with Crippen molar-refractivity contribution in [1.29, 1.82) is 0 Å². The van der Waals surface area contributed by atoms with Crippen LogP contribution in [-0.2, 0) is 4.74 Å². The maximum absolute atomic E-state index is 5.66. The van der Waals surface area contributed by atoms with Gasteiger partial charge in [-0.2, -0.15) is 0 Å². The van der Waals surface area contributed by atoms with Crippen LogP contribution in [0.4, 0.5) is 0 Å². The van der Waals surface area contributed by atoms with Crippen LogP contribution in [0.3, 0.4) is 0 Å². The number of fused-ring (bicyclic) bond motifs is 1. The molecule has 0 unspecified atom stereocenters. The highest BCUT2D eigenvalue weighted by molar-refractivity contribution is 4.84. The van der Waals surface area contributed by atoms with E-state index in [2.05, 4.69) is 0 Å². The molecule has 0 aromatic heterocycles. The Morgan fingerprint density at radius 3 is 1.29 bits per heavy atom. The van der Waals surface area contributed by atoms with Crippen LogP contribution in [-0.4, -0.2) is 12.2 Å². The first-order valence-corrected chi connectivity index (χ1v) is 6.62. The van der Waals surface area contributed by atoms with Crippen molar-refractivity contribution in [1.82, 2.24) is 0 Å². The minimum absolute atomic E-state index is 0.663. The minimum atomic E-state index is 0.663. The van der Waals surface area contributed by atoms with Crippen molar-refractivity contribution in [3.8, 4) is 0 Å². The van der Waals surface area contributed by atoms with Crippen molar-refractivity contribution in [3.05, 3.63) is 0 Å². The van der Waals surface area contributed by atoms with E-state index in [9.17, 15) is 0 Å². The lowest BCUT2D eigenvalue weighted by Crippen LogP contribution is -1.94. The molecule has 2 fully saturated rings. The summed E-state index contributed by atoms with van der Waals surface area (Å²) in [6, 6.07) is 0. The Balaban J connectivity index is 1.64. The average molecular weight is 196 g/mol. The molecule has 82 valence electrons. The van der Waals surface area contributed by atoms with Crippen molar-refractivity contribution in [2.45, 2.75) is 82.8 Å². The SMILES string of the molecule is C1CCCCC[C@@H]2O[C@@H]2CCCCC1. The van der Waals surface area contributed by atoms with Gasteiger partial charge in [0.25, 0.3) is 0 Å². The van der Waals surface area contributed by atoms with E-state index in [4.69, 9.17) is 4.74 Å². The van der Waals surface area contributed by atoms with Gasteiger partial charge in [-0.05, 0) is 12.8 Å². The van der Waals surface area contributed by atoms with Crippen molar-refractivity contribution < 1.29 is 4.74 Å². The van der Waals surface area contributed by atoms with Gasteiger partial charge in [0.1, 0.15) is 0 Å². The number of rotatable bonds is 0. The van der Waals surface area contributed by atoms with Gasteiger partial charge in [0, 0.05) is 0 Å². The maximum Gasteiger partial charge on any atom is 0.0841 e. The van der Waals surface area contributed by atoms with Gasteiger partial charge in [0.2, 0.25) is 0 Å². The Morgan fingerprint density at radius 2 is 0.857 bits per heavy atom. The van der Waals surface area contributed by atoms with E-state index in [1.54, 1.807) is 0 Å². The molecule has 0 N–H and O–H groups in total. The van der Waals surface area contributed by atoms with Gasteiger partial charge in [0.15, 0.2) is 0 Å². The van der Waals surface area contributed by atoms with Crippen LogP contribution in [0, 0.1) is 0 Å². The first-order valence-electron chi connectivity index (χ1n) is 6.62. The summed E-state index contributed by atoms with van der Waals surface area (Å²) in [6.45, 7) is 0. The van der Waals surface area contributed by atoms with E-state index in [-0.39, 0.29) is 0 Å². The third-order valence-electron chi connectivity index (χ3n) is 3.66. The van der Waals surface area contributed by atoms with Crippen molar-refractivity contribution in [2.24, 2.45) is 0 Å². The molecule has 1 heteroatoms.